The molecule has 1 aliphatic heterocycles. The highest BCUT2D eigenvalue weighted by Crippen LogP contribution is 2.27. The van der Waals surface area contributed by atoms with Crippen molar-refractivity contribution >= 4 is 33.5 Å². The number of rotatable bonds is 7. The third kappa shape index (κ3) is 4.34. The number of hydrogen-bond donors (Lipinski definition) is 0. The van der Waals surface area contributed by atoms with Crippen molar-refractivity contribution in [3.8, 4) is 11.4 Å². The first kappa shape index (κ1) is 18.9. The maximum Gasteiger partial charge on any atom is 0.181 e. The van der Waals surface area contributed by atoms with Crippen LogP contribution in [-0.4, -0.2) is 70.8 Å². The molecule has 7 nitrogen and oxygen atoms in total. The molecule has 0 aliphatic carbocycles. The Kier molecular flexibility index (Phi) is 6.06. The molecule has 1 aliphatic rings. The summed E-state index contributed by atoms with van der Waals surface area (Å²) in [6, 6.07) is 6.43. The normalized spacial score (nSPS) is 15.6. The summed E-state index contributed by atoms with van der Waals surface area (Å²) < 4.78 is 16.0. The van der Waals surface area contributed by atoms with Gasteiger partial charge in [0.05, 0.1) is 26.4 Å². The molecule has 0 amide bonds. The van der Waals surface area contributed by atoms with Crippen LogP contribution < -0.4 is 0 Å². The molecule has 144 valence electrons. The van der Waals surface area contributed by atoms with Crippen LogP contribution >= 0.6 is 22.6 Å². The van der Waals surface area contributed by atoms with Gasteiger partial charge in [0.15, 0.2) is 5.82 Å². The molecule has 3 aromatic rings. The van der Waals surface area contributed by atoms with Crippen LogP contribution in [0.4, 0.5) is 0 Å². The minimum Gasteiger partial charge on any atom is -0.383 e. The molecule has 0 spiro atoms. The Morgan fingerprint density at radius 2 is 2.04 bits per heavy atom. The minimum absolute atomic E-state index is 0.705. The Labute approximate surface area is 172 Å². The highest BCUT2D eigenvalue weighted by atomic mass is 127. The summed E-state index contributed by atoms with van der Waals surface area (Å²) in [5, 5.41) is 5.91. The summed E-state index contributed by atoms with van der Waals surface area (Å²) in [6.45, 7) is 7.02. The fraction of sp³-hybridized carbons (Fsp3) is 0.474. The fourth-order valence-electron chi connectivity index (χ4n) is 3.37. The van der Waals surface area contributed by atoms with Crippen molar-refractivity contribution in [1.82, 2.24) is 24.2 Å². The van der Waals surface area contributed by atoms with Gasteiger partial charge in [0.2, 0.25) is 0 Å². The summed E-state index contributed by atoms with van der Waals surface area (Å²) >= 11 is 2.39. The maximum absolute atomic E-state index is 5.40. The van der Waals surface area contributed by atoms with E-state index in [0.717, 1.165) is 57.3 Å². The molecule has 0 atom stereocenters. The van der Waals surface area contributed by atoms with E-state index < -0.39 is 0 Å². The minimum atomic E-state index is 0.705. The van der Waals surface area contributed by atoms with Gasteiger partial charge in [-0.2, -0.15) is 5.10 Å². The molecule has 1 fully saturated rings. The number of fused-ring (bicyclic) bond motifs is 1. The van der Waals surface area contributed by atoms with Gasteiger partial charge in [-0.05, 0) is 40.8 Å². The first-order chi connectivity index (χ1) is 13.2. The first-order valence-corrected chi connectivity index (χ1v) is 10.3. The fourth-order valence-corrected chi connectivity index (χ4v) is 4.14. The smallest absolute Gasteiger partial charge is 0.181 e. The van der Waals surface area contributed by atoms with E-state index in [1.807, 2.05) is 11.0 Å². The number of benzene rings is 1. The average molecular weight is 481 g/mol. The molecule has 0 unspecified atom stereocenters. The summed E-state index contributed by atoms with van der Waals surface area (Å²) in [7, 11) is 1.73. The van der Waals surface area contributed by atoms with E-state index in [1.165, 1.54) is 14.5 Å². The maximum atomic E-state index is 5.40. The standard InChI is InChI=1S/C19H24IN5O2/c1-26-9-8-24-13-17(20)16-12-15(2-3-18(16)24)19-21-14-25(22-19)5-4-23-6-10-27-11-7-23/h2-3,12-14H,4-11H2,1H3. The molecule has 0 N–H and O–H groups in total. The molecule has 1 aromatic carbocycles. The summed E-state index contributed by atoms with van der Waals surface area (Å²) in [4.78, 5) is 6.93. The topological polar surface area (TPSA) is 57.3 Å². The van der Waals surface area contributed by atoms with E-state index in [-0.39, 0.29) is 0 Å². The zero-order valence-corrected chi connectivity index (χ0v) is 17.6. The zero-order chi connectivity index (χ0) is 18.6. The molecule has 1 saturated heterocycles. The summed E-state index contributed by atoms with van der Waals surface area (Å²) in [5.74, 6) is 0.777. The van der Waals surface area contributed by atoms with Gasteiger partial charge < -0.3 is 14.0 Å². The Morgan fingerprint density at radius 3 is 2.85 bits per heavy atom. The number of morpholine rings is 1. The molecule has 0 saturated carbocycles. The van der Waals surface area contributed by atoms with Crippen LogP contribution in [0, 0.1) is 3.57 Å². The van der Waals surface area contributed by atoms with Gasteiger partial charge in [-0.15, -0.1) is 0 Å². The average Bonchev–Trinajstić information content (AvgIpc) is 3.30. The SMILES string of the molecule is COCCn1cc(I)c2cc(-c3ncn(CCN4CCOCC4)n3)ccc21. The Morgan fingerprint density at radius 1 is 1.19 bits per heavy atom. The van der Waals surface area contributed by atoms with Crippen LogP contribution in [-0.2, 0) is 22.6 Å². The number of hydrogen-bond acceptors (Lipinski definition) is 5. The van der Waals surface area contributed by atoms with Gasteiger partial charge in [0, 0.05) is 59.5 Å². The molecular weight excluding hydrogens is 457 g/mol. The van der Waals surface area contributed by atoms with Gasteiger partial charge in [-0.1, -0.05) is 0 Å². The highest BCUT2D eigenvalue weighted by Gasteiger charge is 2.12. The highest BCUT2D eigenvalue weighted by molar-refractivity contribution is 14.1. The monoisotopic (exact) mass is 481 g/mol. The van der Waals surface area contributed by atoms with Gasteiger partial charge in [0.25, 0.3) is 0 Å². The number of ether oxygens (including phenoxy) is 2. The van der Waals surface area contributed by atoms with Crippen LogP contribution in [0.25, 0.3) is 22.3 Å². The van der Waals surface area contributed by atoms with Gasteiger partial charge in [-0.25, -0.2) is 4.98 Å². The predicted molar refractivity (Wildman–Crippen MR) is 113 cm³/mol. The lowest BCUT2D eigenvalue weighted by atomic mass is 10.1. The van der Waals surface area contributed by atoms with Crippen molar-refractivity contribution in [3.05, 3.63) is 34.3 Å². The Hall–Kier alpha value is -1.49. The number of nitrogens with zero attached hydrogens (tertiary/aromatic N) is 5. The van der Waals surface area contributed by atoms with Crippen molar-refractivity contribution in [2.75, 3.05) is 46.6 Å². The summed E-state index contributed by atoms with van der Waals surface area (Å²) in [5.41, 5.74) is 2.27. The van der Waals surface area contributed by atoms with Crippen LogP contribution in [0.3, 0.4) is 0 Å². The third-order valence-corrected chi connectivity index (χ3v) is 5.77. The second kappa shape index (κ2) is 8.68. The summed E-state index contributed by atoms with van der Waals surface area (Å²) in [6.07, 6.45) is 4.00. The lowest BCUT2D eigenvalue weighted by Gasteiger charge is -2.26. The molecule has 2 aromatic heterocycles. The molecule has 27 heavy (non-hydrogen) atoms. The van der Waals surface area contributed by atoms with Crippen molar-refractivity contribution in [1.29, 1.82) is 0 Å². The van der Waals surface area contributed by atoms with E-state index in [4.69, 9.17) is 9.47 Å². The van der Waals surface area contributed by atoms with Crippen molar-refractivity contribution in [3.63, 3.8) is 0 Å². The number of methoxy groups -OCH3 is 1. The van der Waals surface area contributed by atoms with E-state index in [2.05, 4.69) is 66.5 Å². The van der Waals surface area contributed by atoms with E-state index >= 15 is 0 Å². The Bertz CT molecular complexity index is 901. The van der Waals surface area contributed by atoms with Crippen LogP contribution in [0.5, 0.6) is 0 Å². The Balaban J connectivity index is 1.49. The largest absolute Gasteiger partial charge is 0.383 e. The lowest BCUT2D eigenvalue weighted by Crippen LogP contribution is -2.38. The van der Waals surface area contributed by atoms with Gasteiger partial charge in [-0.3, -0.25) is 9.58 Å². The third-order valence-electron chi connectivity index (χ3n) is 4.91. The number of halogens is 1. The van der Waals surface area contributed by atoms with E-state index in [1.54, 1.807) is 7.11 Å². The quantitative estimate of drug-likeness (QED) is 0.486. The second-order valence-corrected chi connectivity index (χ2v) is 7.84. The zero-order valence-electron chi connectivity index (χ0n) is 15.5. The lowest BCUT2D eigenvalue weighted by molar-refractivity contribution is 0.0359. The van der Waals surface area contributed by atoms with Crippen LogP contribution in [0.15, 0.2) is 30.7 Å². The van der Waals surface area contributed by atoms with Crippen molar-refractivity contribution in [2.24, 2.45) is 0 Å². The molecule has 3 heterocycles. The second-order valence-electron chi connectivity index (χ2n) is 6.68. The molecule has 0 bridgehead atoms. The van der Waals surface area contributed by atoms with Gasteiger partial charge in [0.1, 0.15) is 6.33 Å². The first-order valence-electron chi connectivity index (χ1n) is 9.22. The van der Waals surface area contributed by atoms with Gasteiger partial charge >= 0.3 is 0 Å². The van der Waals surface area contributed by atoms with Crippen molar-refractivity contribution in [2.45, 2.75) is 13.1 Å². The van der Waals surface area contributed by atoms with Crippen LogP contribution in [0.1, 0.15) is 0 Å². The molecule has 0 radical (unpaired) electrons. The van der Waals surface area contributed by atoms with Crippen molar-refractivity contribution < 1.29 is 9.47 Å². The molecule has 4 rings (SSSR count). The number of aromatic nitrogens is 4. The molecular formula is C19H24IN5O2. The van der Waals surface area contributed by atoms with Crippen LogP contribution in [0.2, 0.25) is 0 Å². The molecule has 8 heteroatoms. The predicted octanol–water partition coefficient (Wildman–Crippen LogP) is 2.48. The van der Waals surface area contributed by atoms with E-state index in [9.17, 15) is 0 Å². The van der Waals surface area contributed by atoms with E-state index in [0.29, 0.717) is 6.61 Å².